The number of para-hydroxylation sites is 1. The summed E-state index contributed by atoms with van der Waals surface area (Å²) >= 11 is 0. The molecular weight excluding hydrogens is 136 g/mol. The third-order valence-corrected chi connectivity index (χ3v) is 1.93. The lowest BCUT2D eigenvalue weighted by Crippen LogP contribution is -2.20. The van der Waals surface area contributed by atoms with Crippen LogP contribution in [0.1, 0.15) is 12.0 Å². The van der Waals surface area contributed by atoms with E-state index >= 15 is 0 Å². The van der Waals surface area contributed by atoms with E-state index in [0.29, 0.717) is 0 Å². The number of hydrogen-bond acceptors (Lipinski definition) is 2. The molecule has 0 atom stereocenters. The van der Waals surface area contributed by atoms with Gasteiger partial charge in [0.05, 0.1) is 5.69 Å². The molecule has 2 nitrogen and oxygen atoms in total. The number of benzene rings is 1. The summed E-state index contributed by atoms with van der Waals surface area (Å²) in [6, 6.07) is 8.16. The predicted molar refractivity (Wildman–Crippen MR) is 46.4 cm³/mol. The fourth-order valence-corrected chi connectivity index (χ4v) is 1.34. The van der Waals surface area contributed by atoms with E-state index in [0.717, 1.165) is 25.1 Å². The third-order valence-electron chi connectivity index (χ3n) is 1.93. The van der Waals surface area contributed by atoms with E-state index in [9.17, 15) is 0 Å². The minimum absolute atomic E-state index is 0.786. The number of aryl methyl sites for hydroxylation is 1. The molecule has 1 aliphatic rings. The first kappa shape index (κ1) is 5.61. The Hall–Kier alpha value is -1.02. The second kappa shape index (κ2) is 2.93. The molecule has 0 unspecified atom stereocenters. The monoisotopic (exact) mass is 149 g/mol. The van der Waals surface area contributed by atoms with Gasteiger partial charge in [0.1, 0.15) is 1.41 Å². The molecule has 0 saturated carbocycles. The number of hydrazine groups is 1. The topological polar surface area (TPSA) is 24.1 Å². The van der Waals surface area contributed by atoms with Crippen molar-refractivity contribution in [3.8, 4) is 0 Å². The molecule has 0 amide bonds. The van der Waals surface area contributed by atoms with Crippen LogP contribution in [-0.4, -0.2) is 6.54 Å². The molecule has 0 aliphatic carbocycles. The van der Waals surface area contributed by atoms with Crippen molar-refractivity contribution in [1.82, 2.24) is 5.42 Å². The van der Waals surface area contributed by atoms with Gasteiger partial charge in [-0.2, -0.15) is 0 Å². The Labute approximate surface area is 68.1 Å². The van der Waals surface area contributed by atoms with Crippen LogP contribution in [0.15, 0.2) is 24.3 Å². The maximum Gasteiger partial charge on any atom is 0.147 e. The third kappa shape index (κ3) is 1.35. The molecule has 0 bridgehead atoms. The maximum atomic E-state index is 7.46. The summed E-state index contributed by atoms with van der Waals surface area (Å²) in [6.45, 7) is 0.786. The second-order valence-electron chi connectivity index (χ2n) is 2.75. The zero-order valence-electron chi connectivity index (χ0n) is 7.38. The van der Waals surface area contributed by atoms with E-state index in [2.05, 4.69) is 11.5 Å². The zero-order chi connectivity index (χ0) is 8.39. The Balaban J connectivity index is 2.31. The number of rotatable bonds is 0. The van der Waals surface area contributed by atoms with Crippen molar-refractivity contribution in [1.29, 1.82) is 0 Å². The SMILES string of the molecule is [2H]N1CCCc2ccccc2N1. The van der Waals surface area contributed by atoms with Crippen LogP contribution in [0.5, 0.6) is 0 Å². The van der Waals surface area contributed by atoms with Gasteiger partial charge in [-0.3, -0.25) is 0 Å². The van der Waals surface area contributed by atoms with Gasteiger partial charge in [0.25, 0.3) is 0 Å². The average molecular weight is 149 g/mol. The molecule has 58 valence electrons. The highest BCUT2D eigenvalue weighted by atomic mass is 15.4. The highest BCUT2D eigenvalue weighted by molar-refractivity contribution is 5.50. The quantitative estimate of drug-likeness (QED) is 0.584. The van der Waals surface area contributed by atoms with E-state index in [4.69, 9.17) is 1.41 Å². The Bertz CT molecular complexity index is 275. The summed E-state index contributed by atoms with van der Waals surface area (Å²) < 4.78 is 7.46. The molecule has 0 spiro atoms. The van der Waals surface area contributed by atoms with Crippen molar-refractivity contribution in [2.75, 3.05) is 12.0 Å². The molecule has 0 fully saturated rings. The lowest BCUT2D eigenvalue weighted by Gasteiger charge is -2.05. The minimum atomic E-state index is 0.786. The Morgan fingerprint density at radius 1 is 1.36 bits per heavy atom. The van der Waals surface area contributed by atoms with Crippen LogP contribution in [0, 0.1) is 0 Å². The summed E-state index contributed by atoms with van der Waals surface area (Å²) in [4.78, 5) is 0. The van der Waals surface area contributed by atoms with Crippen molar-refractivity contribution in [3.63, 3.8) is 0 Å². The first-order valence-electron chi connectivity index (χ1n) is 4.42. The maximum absolute atomic E-state index is 7.46. The molecule has 1 aromatic rings. The van der Waals surface area contributed by atoms with E-state index < -0.39 is 0 Å². The van der Waals surface area contributed by atoms with Gasteiger partial charge in [0.15, 0.2) is 0 Å². The second-order valence-corrected chi connectivity index (χ2v) is 2.75. The molecule has 1 aromatic carbocycles. The fourth-order valence-electron chi connectivity index (χ4n) is 1.34. The van der Waals surface area contributed by atoms with E-state index in [-0.39, 0.29) is 0 Å². The summed E-state index contributed by atoms with van der Waals surface area (Å²) in [5.41, 5.74) is 6.80. The number of anilines is 1. The summed E-state index contributed by atoms with van der Waals surface area (Å²) in [5, 5.41) is 0. The highest BCUT2D eigenvalue weighted by Crippen LogP contribution is 2.17. The fraction of sp³-hybridized carbons (Fsp3) is 0.333. The van der Waals surface area contributed by atoms with Crippen LogP contribution in [0.4, 0.5) is 5.69 Å². The van der Waals surface area contributed by atoms with Gasteiger partial charge in [-0.25, -0.2) is 5.42 Å². The van der Waals surface area contributed by atoms with Gasteiger partial charge in [-0.1, -0.05) is 18.2 Å². The molecule has 2 N–H and O–H groups in total. The van der Waals surface area contributed by atoms with Crippen LogP contribution in [0.25, 0.3) is 0 Å². The van der Waals surface area contributed by atoms with Gasteiger partial charge in [0, 0.05) is 6.54 Å². The van der Waals surface area contributed by atoms with Gasteiger partial charge < -0.3 is 5.43 Å². The molecule has 2 rings (SSSR count). The van der Waals surface area contributed by atoms with Crippen molar-refractivity contribution >= 4 is 5.69 Å². The first-order valence-corrected chi connectivity index (χ1v) is 3.97. The Morgan fingerprint density at radius 3 is 3.27 bits per heavy atom. The van der Waals surface area contributed by atoms with Gasteiger partial charge >= 0.3 is 0 Å². The molecule has 11 heavy (non-hydrogen) atoms. The number of nitrogens with one attached hydrogen (secondary N) is 2. The molecule has 1 heterocycles. The Morgan fingerprint density at radius 2 is 2.27 bits per heavy atom. The number of fused-ring (bicyclic) bond motifs is 1. The Kier molecular flexibility index (Phi) is 1.49. The van der Waals surface area contributed by atoms with Gasteiger partial charge in [-0.05, 0) is 24.5 Å². The van der Waals surface area contributed by atoms with Gasteiger partial charge in [-0.15, -0.1) is 0 Å². The van der Waals surface area contributed by atoms with Crippen LogP contribution in [0.3, 0.4) is 0 Å². The molecule has 1 aliphatic heterocycles. The van der Waals surface area contributed by atoms with Crippen LogP contribution in [0.2, 0.25) is 1.41 Å². The summed E-state index contributed by atoms with van der Waals surface area (Å²) in [5.74, 6) is 0. The van der Waals surface area contributed by atoms with E-state index in [1.54, 1.807) is 0 Å². The standard InChI is InChI=1S/C9H12N2/c1-2-6-9-8(4-1)5-3-7-10-11-9/h1-2,4,6,10-11H,3,5,7H2/i/hD. The van der Waals surface area contributed by atoms with Gasteiger partial charge in [0.2, 0.25) is 0 Å². The first-order chi connectivity index (χ1) is 5.86. The normalized spacial score (nSPS) is 19.5. The van der Waals surface area contributed by atoms with Crippen molar-refractivity contribution < 1.29 is 1.41 Å². The summed E-state index contributed by atoms with van der Waals surface area (Å²) in [6.07, 6.45) is 2.12. The van der Waals surface area contributed by atoms with Crippen LogP contribution >= 0.6 is 0 Å². The van der Waals surface area contributed by atoms with Crippen LogP contribution in [-0.2, 0) is 6.42 Å². The van der Waals surface area contributed by atoms with E-state index in [1.807, 2.05) is 18.2 Å². The van der Waals surface area contributed by atoms with Crippen LogP contribution < -0.4 is 10.8 Å². The molecule has 0 radical (unpaired) electrons. The van der Waals surface area contributed by atoms with Crippen molar-refractivity contribution in [2.24, 2.45) is 0 Å². The molecule has 0 saturated heterocycles. The molecule has 2 heteroatoms. The van der Waals surface area contributed by atoms with Crippen molar-refractivity contribution in [2.45, 2.75) is 12.8 Å². The lowest BCUT2D eigenvalue weighted by molar-refractivity contribution is 0.741. The molecule has 0 aromatic heterocycles. The van der Waals surface area contributed by atoms with E-state index in [1.165, 1.54) is 11.0 Å². The summed E-state index contributed by atoms with van der Waals surface area (Å²) in [7, 11) is 0. The zero-order valence-corrected chi connectivity index (χ0v) is 6.38. The predicted octanol–water partition coefficient (Wildman–Crippen LogP) is 1.55. The highest BCUT2D eigenvalue weighted by Gasteiger charge is 2.03. The molecular formula is C9H12N2. The smallest absolute Gasteiger partial charge is 0.147 e. The minimum Gasteiger partial charge on any atom is -0.321 e. The lowest BCUT2D eigenvalue weighted by atomic mass is 10.1. The largest absolute Gasteiger partial charge is 0.321 e. The number of hydrogen-bond donors (Lipinski definition) is 2. The van der Waals surface area contributed by atoms with Crippen molar-refractivity contribution in [3.05, 3.63) is 29.8 Å². The average Bonchev–Trinajstić information content (AvgIpc) is 2.25.